The summed E-state index contributed by atoms with van der Waals surface area (Å²) in [7, 11) is 0. The standard InChI is InChI=1S/C22H27N3O3/c1-16-7-9-17(10-8-16)4-2-6-20(26)24-19-5-3-13-25(15-19)22(28)18-11-12-23-21(27)14-18/h7-12,14,19H,2-6,13,15H2,1H3,(H,23,27)(H,24,26). The Morgan fingerprint density at radius 2 is 2.00 bits per heavy atom. The van der Waals surface area contributed by atoms with Gasteiger partial charge in [-0.3, -0.25) is 14.4 Å². The maximum atomic E-state index is 12.6. The molecule has 1 aromatic heterocycles. The number of carbonyl (C=O) groups is 2. The van der Waals surface area contributed by atoms with Gasteiger partial charge in [-0.1, -0.05) is 29.8 Å². The third-order valence-electron chi connectivity index (χ3n) is 5.09. The number of rotatable bonds is 6. The van der Waals surface area contributed by atoms with Crippen molar-refractivity contribution in [3.05, 3.63) is 69.6 Å². The molecule has 0 radical (unpaired) electrons. The fourth-order valence-electron chi connectivity index (χ4n) is 3.55. The Morgan fingerprint density at radius 1 is 1.21 bits per heavy atom. The van der Waals surface area contributed by atoms with Crippen LogP contribution in [0.3, 0.4) is 0 Å². The summed E-state index contributed by atoms with van der Waals surface area (Å²) in [4.78, 5) is 40.5. The number of likely N-dealkylation sites (tertiary alicyclic amines) is 1. The molecule has 2 N–H and O–H groups in total. The summed E-state index contributed by atoms with van der Waals surface area (Å²) in [5.74, 6) is -0.132. The van der Waals surface area contributed by atoms with Crippen LogP contribution in [0, 0.1) is 6.92 Å². The van der Waals surface area contributed by atoms with Crippen molar-refractivity contribution in [2.45, 2.75) is 45.1 Å². The average Bonchev–Trinajstić information content (AvgIpc) is 2.69. The minimum absolute atomic E-state index is 0.0302. The van der Waals surface area contributed by atoms with E-state index in [4.69, 9.17) is 0 Å². The molecule has 6 heteroatoms. The Morgan fingerprint density at radius 3 is 2.75 bits per heavy atom. The van der Waals surface area contributed by atoms with Gasteiger partial charge in [0.2, 0.25) is 11.5 Å². The van der Waals surface area contributed by atoms with E-state index < -0.39 is 0 Å². The van der Waals surface area contributed by atoms with Crippen molar-refractivity contribution in [3.8, 4) is 0 Å². The zero-order chi connectivity index (χ0) is 19.9. The summed E-state index contributed by atoms with van der Waals surface area (Å²) in [5.41, 5.74) is 2.57. The van der Waals surface area contributed by atoms with Crippen LogP contribution in [0.5, 0.6) is 0 Å². The van der Waals surface area contributed by atoms with Gasteiger partial charge in [0.25, 0.3) is 5.91 Å². The third kappa shape index (κ3) is 5.55. The first-order valence-electron chi connectivity index (χ1n) is 9.84. The number of H-pyrrole nitrogens is 1. The van der Waals surface area contributed by atoms with Crippen molar-refractivity contribution in [2.24, 2.45) is 0 Å². The number of nitrogens with zero attached hydrogens (tertiary/aromatic N) is 1. The van der Waals surface area contributed by atoms with E-state index in [2.05, 4.69) is 41.5 Å². The Labute approximate surface area is 165 Å². The molecule has 1 saturated heterocycles. The largest absolute Gasteiger partial charge is 0.352 e. The molecule has 1 fully saturated rings. The molecule has 2 heterocycles. The second-order valence-electron chi connectivity index (χ2n) is 7.44. The lowest BCUT2D eigenvalue weighted by Crippen LogP contribution is -2.49. The Hall–Kier alpha value is -2.89. The zero-order valence-electron chi connectivity index (χ0n) is 16.2. The van der Waals surface area contributed by atoms with Crippen molar-refractivity contribution < 1.29 is 9.59 Å². The molecular formula is C22H27N3O3. The number of hydrogen-bond donors (Lipinski definition) is 2. The number of aromatic nitrogens is 1. The zero-order valence-corrected chi connectivity index (χ0v) is 16.2. The average molecular weight is 381 g/mol. The summed E-state index contributed by atoms with van der Waals surface area (Å²) >= 11 is 0. The van der Waals surface area contributed by atoms with Gasteiger partial charge in [-0.2, -0.15) is 0 Å². The molecule has 148 valence electrons. The monoisotopic (exact) mass is 381 g/mol. The van der Waals surface area contributed by atoms with Crippen LogP contribution < -0.4 is 10.9 Å². The van der Waals surface area contributed by atoms with Crippen molar-refractivity contribution in [1.82, 2.24) is 15.2 Å². The fraction of sp³-hybridized carbons (Fsp3) is 0.409. The minimum Gasteiger partial charge on any atom is -0.352 e. The van der Waals surface area contributed by atoms with Crippen LogP contribution in [0.25, 0.3) is 0 Å². The molecule has 0 spiro atoms. The molecule has 0 saturated carbocycles. The van der Waals surface area contributed by atoms with Crippen molar-refractivity contribution in [3.63, 3.8) is 0 Å². The summed E-state index contributed by atoms with van der Waals surface area (Å²) in [6.45, 7) is 3.19. The number of carbonyl (C=O) groups excluding carboxylic acids is 2. The quantitative estimate of drug-likeness (QED) is 0.806. The molecule has 0 aliphatic carbocycles. The molecular weight excluding hydrogens is 354 g/mol. The number of hydrogen-bond acceptors (Lipinski definition) is 3. The van der Waals surface area contributed by atoms with E-state index in [1.807, 2.05) is 0 Å². The molecule has 1 aromatic carbocycles. The maximum Gasteiger partial charge on any atom is 0.254 e. The number of amides is 2. The van der Waals surface area contributed by atoms with Gasteiger partial charge in [0, 0.05) is 43.4 Å². The molecule has 1 atom stereocenters. The lowest BCUT2D eigenvalue weighted by Gasteiger charge is -2.33. The van der Waals surface area contributed by atoms with Gasteiger partial charge in [-0.25, -0.2) is 0 Å². The number of pyridine rings is 1. The number of aromatic amines is 1. The van der Waals surface area contributed by atoms with Crippen LogP contribution in [-0.4, -0.2) is 40.8 Å². The summed E-state index contributed by atoms with van der Waals surface area (Å²) < 4.78 is 0. The second kappa shape index (κ2) is 9.35. The highest BCUT2D eigenvalue weighted by atomic mass is 16.2. The molecule has 0 bridgehead atoms. The SMILES string of the molecule is Cc1ccc(CCCC(=O)NC2CCCN(C(=O)c3cc[nH]c(=O)c3)C2)cc1. The number of benzene rings is 1. The predicted octanol–water partition coefficient (Wildman–Crippen LogP) is 2.43. The van der Waals surface area contributed by atoms with Crippen LogP contribution in [0.2, 0.25) is 0 Å². The molecule has 6 nitrogen and oxygen atoms in total. The maximum absolute atomic E-state index is 12.6. The van der Waals surface area contributed by atoms with Crippen LogP contribution in [-0.2, 0) is 11.2 Å². The van der Waals surface area contributed by atoms with Gasteiger partial charge in [-0.15, -0.1) is 0 Å². The summed E-state index contributed by atoms with van der Waals surface area (Å²) in [6.07, 6.45) is 5.34. The lowest BCUT2D eigenvalue weighted by molar-refractivity contribution is -0.122. The second-order valence-corrected chi connectivity index (χ2v) is 7.44. The highest BCUT2D eigenvalue weighted by Gasteiger charge is 2.25. The Kier molecular flexibility index (Phi) is 6.63. The van der Waals surface area contributed by atoms with E-state index in [-0.39, 0.29) is 23.4 Å². The van der Waals surface area contributed by atoms with Gasteiger partial charge in [0.15, 0.2) is 0 Å². The molecule has 1 aliphatic rings. The Bertz CT molecular complexity index is 873. The molecule has 3 rings (SSSR count). The van der Waals surface area contributed by atoms with E-state index in [0.717, 1.165) is 25.7 Å². The molecule has 2 aromatic rings. The molecule has 2 amide bonds. The molecule has 1 unspecified atom stereocenters. The van der Waals surface area contributed by atoms with Crippen molar-refractivity contribution >= 4 is 11.8 Å². The van der Waals surface area contributed by atoms with Gasteiger partial charge >= 0.3 is 0 Å². The first kappa shape index (κ1) is 19.9. The first-order chi connectivity index (χ1) is 13.5. The number of piperidine rings is 1. The third-order valence-corrected chi connectivity index (χ3v) is 5.09. The summed E-state index contributed by atoms with van der Waals surface area (Å²) in [6, 6.07) is 11.3. The van der Waals surface area contributed by atoms with Crippen LogP contribution >= 0.6 is 0 Å². The van der Waals surface area contributed by atoms with Gasteiger partial charge in [-0.05, 0) is 44.2 Å². The normalized spacial score (nSPS) is 16.6. The predicted molar refractivity (Wildman–Crippen MR) is 108 cm³/mol. The van der Waals surface area contributed by atoms with Gasteiger partial charge in [0.1, 0.15) is 0 Å². The van der Waals surface area contributed by atoms with E-state index in [1.54, 1.807) is 11.0 Å². The first-order valence-corrected chi connectivity index (χ1v) is 9.84. The highest BCUT2D eigenvalue weighted by Crippen LogP contribution is 2.14. The number of aryl methyl sites for hydroxylation is 2. The van der Waals surface area contributed by atoms with E-state index in [1.165, 1.54) is 23.4 Å². The van der Waals surface area contributed by atoms with Crippen molar-refractivity contribution in [2.75, 3.05) is 13.1 Å². The fourth-order valence-corrected chi connectivity index (χ4v) is 3.55. The van der Waals surface area contributed by atoms with Gasteiger partial charge in [0.05, 0.1) is 0 Å². The van der Waals surface area contributed by atoms with Gasteiger partial charge < -0.3 is 15.2 Å². The van der Waals surface area contributed by atoms with Crippen LogP contribution in [0.1, 0.15) is 47.2 Å². The highest BCUT2D eigenvalue weighted by molar-refractivity contribution is 5.94. The number of nitrogens with one attached hydrogen (secondary N) is 2. The summed E-state index contributed by atoms with van der Waals surface area (Å²) in [5, 5.41) is 3.06. The Balaban J connectivity index is 1.46. The van der Waals surface area contributed by atoms with Crippen LogP contribution in [0.4, 0.5) is 0 Å². The minimum atomic E-state index is -0.290. The van der Waals surface area contributed by atoms with Crippen LogP contribution in [0.15, 0.2) is 47.4 Å². The van der Waals surface area contributed by atoms with E-state index in [9.17, 15) is 14.4 Å². The molecule has 28 heavy (non-hydrogen) atoms. The lowest BCUT2D eigenvalue weighted by atomic mass is 10.0. The van der Waals surface area contributed by atoms with E-state index in [0.29, 0.717) is 25.1 Å². The van der Waals surface area contributed by atoms with Crippen molar-refractivity contribution in [1.29, 1.82) is 0 Å². The topological polar surface area (TPSA) is 82.3 Å². The smallest absolute Gasteiger partial charge is 0.254 e. The molecule has 1 aliphatic heterocycles. The van der Waals surface area contributed by atoms with E-state index >= 15 is 0 Å².